The van der Waals surface area contributed by atoms with Crippen LogP contribution in [-0.2, 0) is 0 Å². The Balaban J connectivity index is 1.87. The van der Waals surface area contributed by atoms with Crippen molar-refractivity contribution in [2.75, 3.05) is 19.8 Å². The van der Waals surface area contributed by atoms with Gasteiger partial charge < -0.3 is 24.2 Å². The fourth-order valence-electron chi connectivity index (χ4n) is 2.98. The summed E-state index contributed by atoms with van der Waals surface area (Å²) in [4.78, 5) is 8.84. The van der Waals surface area contributed by atoms with Crippen molar-refractivity contribution in [2.45, 2.75) is 33.8 Å². The van der Waals surface area contributed by atoms with E-state index in [0.717, 1.165) is 27.9 Å². The van der Waals surface area contributed by atoms with Gasteiger partial charge in [-0.1, -0.05) is 5.16 Å². The van der Waals surface area contributed by atoms with E-state index in [1.54, 1.807) is 6.07 Å². The van der Waals surface area contributed by atoms with Crippen molar-refractivity contribution in [1.82, 2.24) is 15.1 Å². The summed E-state index contributed by atoms with van der Waals surface area (Å²) in [5.74, 6) is 2.02. The molecule has 0 amide bonds. The van der Waals surface area contributed by atoms with Crippen LogP contribution in [0, 0.1) is 20.8 Å². The van der Waals surface area contributed by atoms with Crippen molar-refractivity contribution in [3.8, 4) is 34.5 Å². The largest absolute Gasteiger partial charge is 0.490 e. The van der Waals surface area contributed by atoms with Crippen LogP contribution in [0.15, 0.2) is 28.8 Å². The van der Waals surface area contributed by atoms with Crippen molar-refractivity contribution in [2.24, 2.45) is 0 Å². The molecule has 29 heavy (non-hydrogen) atoms. The van der Waals surface area contributed by atoms with Crippen molar-refractivity contribution in [1.29, 1.82) is 0 Å². The molecule has 0 aliphatic rings. The number of hydrogen-bond acceptors (Lipinski definition) is 8. The zero-order valence-corrected chi connectivity index (χ0v) is 17.0. The Labute approximate surface area is 169 Å². The molecule has 0 aliphatic heterocycles. The molecule has 3 aromatic rings. The third-order valence-electron chi connectivity index (χ3n) is 4.24. The van der Waals surface area contributed by atoms with E-state index >= 15 is 0 Å². The first-order valence-corrected chi connectivity index (χ1v) is 9.40. The van der Waals surface area contributed by atoms with Crippen molar-refractivity contribution < 1.29 is 24.2 Å². The average Bonchev–Trinajstić information content (AvgIpc) is 3.17. The molecule has 1 aromatic carbocycles. The Bertz CT molecular complexity index is 963. The number of benzene rings is 1. The third kappa shape index (κ3) is 4.90. The third-order valence-corrected chi connectivity index (χ3v) is 4.24. The fourth-order valence-corrected chi connectivity index (χ4v) is 2.98. The summed E-state index contributed by atoms with van der Waals surface area (Å²) in [5.41, 5.74) is 4.07. The highest BCUT2D eigenvalue weighted by molar-refractivity contribution is 5.64. The maximum absolute atomic E-state index is 9.50. The SMILES string of the molecule is CCOc1cc(-c2nc(-c3cc(C)c(OC[C@@H](O)CO)c(C)c3)no2)cc(C)n1. The summed E-state index contributed by atoms with van der Waals surface area (Å²) in [5, 5.41) is 22.5. The second-order valence-electron chi connectivity index (χ2n) is 6.78. The highest BCUT2D eigenvalue weighted by atomic mass is 16.5. The van der Waals surface area contributed by atoms with Gasteiger partial charge in [0.2, 0.25) is 11.7 Å². The lowest BCUT2D eigenvalue weighted by Gasteiger charge is -2.15. The lowest BCUT2D eigenvalue weighted by atomic mass is 10.1. The molecule has 2 heterocycles. The highest BCUT2D eigenvalue weighted by Gasteiger charge is 2.16. The molecule has 3 rings (SSSR count). The number of hydrogen-bond donors (Lipinski definition) is 2. The molecule has 154 valence electrons. The standard InChI is InChI=1S/C21H25N3O5/c1-5-27-18-9-16(8-14(4)22-18)21-23-20(24-29-21)15-6-12(2)19(13(3)7-15)28-11-17(26)10-25/h6-9,17,25-26H,5,10-11H2,1-4H3/t17-/m0/s1. The molecule has 2 aromatic heterocycles. The van der Waals surface area contributed by atoms with Gasteiger partial charge in [-0.25, -0.2) is 4.98 Å². The number of aromatic nitrogens is 3. The minimum Gasteiger partial charge on any atom is -0.490 e. The topological polar surface area (TPSA) is 111 Å². The van der Waals surface area contributed by atoms with Gasteiger partial charge in [0, 0.05) is 22.9 Å². The van der Waals surface area contributed by atoms with Gasteiger partial charge in [-0.2, -0.15) is 4.98 Å². The first-order chi connectivity index (χ1) is 13.9. The Kier molecular flexibility index (Phi) is 6.46. The van der Waals surface area contributed by atoms with Crippen LogP contribution in [0.4, 0.5) is 0 Å². The molecule has 0 fully saturated rings. The zero-order chi connectivity index (χ0) is 21.0. The van der Waals surface area contributed by atoms with Crippen LogP contribution >= 0.6 is 0 Å². The Morgan fingerprint density at radius 3 is 2.38 bits per heavy atom. The number of pyridine rings is 1. The predicted octanol–water partition coefficient (Wildman–Crippen LogP) is 2.85. The highest BCUT2D eigenvalue weighted by Crippen LogP contribution is 2.31. The van der Waals surface area contributed by atoms with E-state index in [2.05, 4.69) is 15.1 Å². The second-order valence-corrected chi connectivity index (χ2v) is 6.78. The first-order valence-electron chi connectivity index (χ1n) is 9.40. The molecule has 0 bridgehead atoms. The van der Waals surface area contributed by atoms with E-state index in [4.69, 9.17) is 19.1 Å². The molecule has 0 saturated carbocycles. The van der Waals surface area contributed by atoms with Crippen LogP contribution in [0.5, 0.6) is 11.6 Å². The smallest absolute Gasteiger partial charge is 0.258 e. The number of nitrogens with zero attached hydrogens (tertiary/aromatic N) is 3. The van der Waals surface area contributed by atoms with Crippen LogP contribution in [-0.4, -0.2) is 51.3 Å². The van der Waals surface area contributed by atoms with E-state index in [0.29, 0.717) is 30.0 Å². The van der Waals surface area contributed by atoms with E-state index in [1.165, 1.54) is 0 Å². The lowest BCUT2D eigenvalue weighted by molar-refractivity contribution is 0.0532. The first kappa shape index (κ1) is 20.8. The summed E-state index contributed by atoms with van der Waals surface area (Å²) >= 11 is 0. The molecule has 2 N–H and O–H groups in total. The van der Waals surface area contributed by atoms with Crippen LogP contribution in [0.25, 0.3) is 22.8 Å². The van der Waals surface area contributed by atoms with Crippen molar-refractivity contribution >= 4 is 0 Å². The molecular formula is C21H25N3O5. The molecule has 1 atom stereocenters. The Hall–Kier alpha value is -2.97. The van der Waals surface area contributed by atoms with E-state index in [1.807, 2.05) is 45.9 Å². The normalized spacial score (nSPS) is 12.1. The molecule has 0 radical (unpaired) electrons. The summed E-state index contributed by atoms with van der Waals surface area (Å²) in [6.07, 6.45) is -0.918. The Morgan fingerprint density at radius 1 is 1.00 bits per heavy atom. The van der Waals surface area contributed by atoms with Crippen LogP contribution in [0.3, 0.4) is 0 Å². The van der Waals surface area contributed by atoms with Gasteiger partial charge in [-0.15, -0.1) is 0 Å². The average molecular weight is 399 g/mol. The van der Waals surface area contributed by atoms with Crippen molar-refractivity contribution in [3.05, 3.63) is 41.1 Å². The van der Waals surface area contributed by atoms with E-state index in [-0.39, 0.29) is 13.2 Å². The van der Waals surface area contributed by atoms with Gasteiger partial charge >= 0.3 is 0 Å². The summed E-state index contributed by atoms with van der Waals surface area (Å²) in [6, 6.07) is 7.42. The minimum atomic E-state index is -0.918. The maximum atomic E-state index is 9.50. The minimum absolute atomic E-state index is 0.0213. The fraction of sp³-hybridized carbons (Fsp3) is 0.381. The van der Waals surface area contributed by atoms with Crippen molar-refractivity contribution in [3.63, 3.8) is 0 Å². The number of aliphatic hydroxyl groups is 2. The van der Waals surface area contributed by atoms with Gasteiger partial charge in [-0.05, 0) is 57.0 Å². The zero-order valence-electron chi connectivity index (χ0n) is 17.0. The molecule has 8 heteroatoms. The van der Waals surface area contributed by atoms with Gasteiger partial charge in [0.25, 0.3) is 5.89 Å². The van der Waals surface area contributed by atoms with Gasteiger partial charge in [0.05, 0.1) is 13.2 Å². The lowest BCUT2D eigenvalue weighted by Crippen LogP contribution is -2.21. The number of rotatable bonds is 8. The number of aliphatic hydroxyl groups excluding tert-OH is 2. The molecule has 0 aliphatic carbocycles. The second kappa shape index (κ2) is 9.02. The van der Waals surface area contributed by atoms with E-state index in [9.17, 15) is 5.11 Å². The summed E-state index contributed by atoms with van der Waals surface area (Å²) < 4.78 is 16.6. The van der Waals surface area contributed by atoms with Crippen LogP contribution in [0.2, 0.25) is 0 Å². The van der Waals surface area contributed by atoms with Gasteiger partial charge in [0.1, 0.15) is 18.5 Å². The van der Waals surface area contributed by atoms with Crippen LogP contribution in [0.1, 0.15) is 23.7 Å². The quantitative estimate of drug-likeness (QED) is 0.595. The molecule has 0 saturated heterocycles. The van der Waals surface area contributed by atoms with Crippen LogP contribution < -0.4 is 9.47 Å². The predicted molar refractivity (Wildman–Crippen MR) is 107 cm³/mol. The molecule has 0 spiro atoms. The molecule has 8 nitrogen and oxygen atoms in total. The molecular weight excluding hydrogens is 374 g/mol. The van der Waals surface area contributed by atoms with Gasteiger partial charge in [-0.3, -0.25) is 0 Å². The Morgan fingerprint density at radius 2 is 1.72 bits per heavy atom. The number of ether oxygens (including phenoxy) is 2. The van der Waals surface area contributed by atoms with Gasteiger partial charge in [0.15, 0.2) is 0 Å². The summed E-state index contributed by atoms with van der Waals surface area (Å²) in [6.45, 7) is 7.78. The monoisotopic (exact) mass is 399 g/mol. The summed E-state index contributed by atoms with van der Waals surface area (Å²) in [7, 11) is 0. The maximum Gasteiger partial charge on any atom is 0.258 e. The molecule has 0 unspecified atom stereocenters. The van der Waals surface area contributed by atoms with E-state index < -0.39 is 6.10 Å². The number of aryl methyl sites for hydroxylation is 3.